The van der Waals surface area contributed by atoms with E-state index in [9.17, 15) is 4.79 Å². The molecule has 0 saturated carbocycles. The van der Waals surface area contributed by atoms with Crippen molar-refractivity contribution in [3.05, 3.63) is 72.3 Å². The van der Waals surface area contributed by atoms with Crippen molar-refractivity contribution in [1.82, 2.24) is 19.4 Å². The Hall–Kier alpha value is -2.95. The van der Waals surface area contributed by atoms with Gasteiger partial charge in [0.05, 0.1) is 0 Å². The number of carbonyl (C=O) groups excluding carboxylic acids is 1. The molecule has 0 spiro atoms. The molecule has 1 fully saturated rings. The molecule has 5 heteroatoms. The van der Waals surface area contributed by atoms with Crippen LogP contribution in [0.2, 0.25) is 0 Å². The summed E-state index contributed by atoms with van der Waals surface area (Å²) >= 11 is 0. The summed E-state index contributed by atoms with van der Waals surface area (Å²) < 4.78 is 2.29. The Bertz CT molecular complexity index is 905. The summed E-state index contributed by atoms with van der Waals surface area (Å²) in [5, 5.41) is 0. The first-order valence-electron chi connectivity index (χ1n) is 9.50. The average Bonchev–Trinajstić information content (AvgIpc) is 3.09. The minimum absolute atomic E-state index is 0.0333. The summed E-state index contributed by atoms with van der Waals surface area (Å²) in [5.41, 5.74) is 2.81. The van der Waals surface area contributed by atoms with Crippen molar-refractivity contribution in [2.75, 3.05) is 13.1 Å². The summed E-state index contributed by atoms with van der Waals surface area (Å²) in [7, 11) is 0. The van der Waals surface area contributed by atoms with Crippen LogP contribution in [0.25, 0.3) is 11.4 Å². The van der Waals surface area contributed by atoms with Gasteiger partial charge in [-0.2, -0.15) is 0 Å². The summed E-state index contributed by atoms with van der Waals surface area (Å²) in [6.07, 6.45) is 5.76. The molecule has 0 N–H and O–H groups in total. The molecule has 27 heavy (non-hydrogen) atoms. The van der Waals surface area contributed by atoms with E-state index in [1.807, 2.05) is 41.4 Å². The van der Waals surface area contributed by atoms with Gasteiger partial charge in [-0.25, -0.2) is 4.98 Å². The number of pyridine rings is 1. The largest absolute Gasteiger partial charge is 0.337 e. The number of imidazole rings is 1. The molecule has 1 atom stereocenters. The second-order valence-electron chi connectivity index (χ2n) is 7.17. The minimum atomic E-state index is 0.0333. The van der Waals surface area contributed by atoms with Gasteiger partial charge in [0.1, 0.15) is 11.5 Å². The van der Waals surface area contributed by atoms with Gasteiger partial charge < -0.3 is 9.47 Å². The van der Waals surface area contributed by atoms with E-state index in [0.29, 0.717) is 11.6 Å². The lowest BCUT2D eigenvalue weighted by molar-refractivity contribution is 0.0656. The van der Waals surface area contributed by atoms with Gasteiger partial charge in [-0.1, -0.05) is 36.4 Å². The number of piperidine rings is 1. The van der Waals surface area contributed by atoms with Gasteiger partial charge in [-0.3, -0.25) is 9.78 Å². The zero-order valence-electron chi connectivity index (χ0n) is 15.6. The topological polar surface area (TPSA) is 51.0 Å². The van der Waals surface area contributed by atoms with Crippen LogP contribution in [0.5, 0.6) is 0 Å². The van der Waals surface area contributed by atoms with E-state index in [1.165, 1.54) is 0 Å². The number of rotatable bonds is 4. The molecule has 1 aliphatic rings. The van der Waals surface area contributed by atoms with E-state index in [-0.39, 0.29) is 5.91 Å². The van der Waals surface area contributed by atoms with Crippen LogP contribution in [-0.2, 0) is 6.54 Å². The van der Waals surface area contributed by atoms with Crippen LogP contribution in [0.1, 0.15) is 29.0 Å². The highest BCUT2D eigenvalue weighted by molar-refractivity contribution is 5.92. The van der Waals surface area contributed by atoms with Crippen molar-refractivity contribution in [1.29, 1.82) is 0 Å². The number of likely N-dealkylation sites (tertiary alicyclic amines) is 1. The fourth-order valence-corrected chi connectivity index (χ4v) is 3.82. The lowest BCUT2D eigenvalue weighted by Crippen LogP contribution is -2.41. The molecule has 1 aromatic carbocycles. The molecule has 1 amide bonds. The van der Waals surface area contributed by atoms with E-state index in [0.717, 1.165) is 49.6 Å². The van der Waals surface area contributed by atoms with Crippen molar-refractivity contribution in [2.24, 2.45) is 5.92 Å². The molecular formula is C22H24N4O. The molecule has 4 rings (SSSR count). The number of amides is 1. The number of aromatic nitrogens is 3. The maximum Gasteiger partial charge on any atom is 0.272 e. The third-order valence-electron chi connectivity index (χ3n) is 5.22. The smallest absolute Gasteiger partial charge is 0.272 e. The van der Waals surface area contributed by atoms with Crippen LogP contribution in [0.15, 0.2) is 60.9 Å². The Kier molecular flexibility index (Phi) is 5.01. The van der Waals surface area contributed by atoms with E-state index >= 15 is 0 Å². The molecule has 3 aromatic rings. The standard InChI is InChI=1S/C22H24N4O/c1-17-14-24-21(19-9-3-2-4-10-19)26(17)16-18-8-7-13-25(15-18)22(27)20-11-5-6-12-23-20/h2-6,9-12,14,18H,7-8,13,15-16H2,1H3. The van der Waals surface area contributed by atoms with Crippen molar-refractivity contribution in [2.45, 2.75) is 26.3 Å². The summed E-state index contributed by atoms with van der Waals surface area (Å²) in [6, 6.07) is 15.8. The lowest BCUT2D eigenvalue weighted by atomic mass is 9.97. The molecule has 138 valence electrons. The average molecular weight is 360 g/mol. The van der Waals surface area contributed by atoms with E-state index in [1.54, 1.807) is 12.3 Å². The van der Waals surface area contributed by atoms with Gasteiger partial charge >= 0.3 is 0 Å². The maximum atomic E-state index is 12.7. The highest BCUT2D eigenvalue weighted by atomic mass is 16.2. The first-order valence-corrected chi connectivity index (χ1v) is 9.50. The zero-order valence-corrected chi connectivity index (χ0v) is 15.6. The molecular weight excluding hydrogens is 336 g/mol. The molecule has 0 radical (unpaired) electrons. The van der Waals surface area contributed by atoms with Crippen molar-refractivity contribution >= 4 is 5.91 Å². The number of hydrogen-bond acceptors (Lipinski definition) is 3. The molecule has 1 saturated heterocycles. The van der Waals surface area contributed by atoms with Crippen LogP contribution in [-0.4, -0.2) is 38.4 Å². The minimum Gasteiger partial charge on any atom is -0.337 e. The van der Waals surface area contributed by atoms with E-state index in [2.05, 4.69) is 33.6 Å². The first kappa shape index (κ1) is 17.5. The highest BCUT2D eigenvalue weighted by Crippen LogP contribution is 2.25. The Morgan fingerprint density at radius 2 is 1.93 bits per heavy atom. The molecule has 0 aliphatic carbocycles. The molecule has 2 aromatic heterocycles. The number of carbonyl (C=O) groups is 1. The Morgan fingerprint density at radius 3 is 2.70 bits per heavy atom. The molecule has 1 unspecified atom stereocenters. The second kappa shape index (κ2) is 7.74. The molecule has 3 heterocycles. The van der Waals surface area contributed by atoms with Crippen LogP contribution in [0.3, 0.4) is 0 Å². The van der Waals surface area contributed by atoms with E-state index < -0.39 is 0 Å². The Labute approximate surface area is 159 Å². The quantitative estimate of drug-likeness (QED) is 0.711. The maximum absolute atomic E-state index is 12.7. The number of benzene rings is 1. The Balaban J connectivity index is 1.51. The first-order chi connectivity index (χ1) is 13.2. The van der Waals surface area contributed by atoms with Crippen LogP contribution in [0.4, 0.5) is 0 Å². The van der Waals surface area contributed by atoms with Gasteiger partial charge in [-0.05, 0) is 37.8 Å². The van der Waals surface area contributed by atoms with Crippen molar-refractivity contribution in [3.8, 4) is 11.4 Å². The third kappa shape index (κ3) is 3.77. The van der Waals surface area contributed by atoms with Gasteiger partial charge in [0.15, 0.2) is 0 Å². The molecule has 5 nitrogen and oxygen atoms in total. The Morgan fingerprint density at radius 1 is 1.11 bits per heavy atom. The third-order valence-corrected chi connectivity index (χ3v) is 5.22. The van der Waals surface area contributed by atoms with Crippen LogP contribution < -0.4 is 0 Å². The molecule has 0 bridgehead atoms. The fourth-order valence-electron chi connectivity index (χ4n) is 3.82. The predicted octanol–water partition coefficient (Wildman–Crippen LogP) is 3.81. The summed E-state index contributed by atoms with van der Waals surface area (Å²) in [6.45, 7) is 4.54. The highest BCUT2D eigenvalue weighted by Gasteiger charge is 2.26. The second-order valence-corrected chi connectivity index (χ2v) is 7.17. The monoisotopic (exact) mass is 360 g/mol. The van der Waals surface area contributed by atoms with Crippen LogP contribution in [0, 0.1) is 12.8 Å². The SMILES string of the molecule is Cc1cnc(-c2ccccc2)n1CC1CCCN(C(=O)c2ccccn2)C1. The van der Waals surface area contributed by atoms with Gasteiger partial charge in [0, 0.05) is 43.3 Å². The summed E-state index contributed by atoms with van der Waals surface area (Å²) in [4.78, 5) is 23.5. The normalized spacial score (nSPS) is 17.1. The van der Waals surface area contributed by atoms with E-state index in [4.69, 9.17) is 0 Å². The number of aryl methyl sites for hydroxylation is 1. The summed E-state index contributed by atoms with van der Waals surface area (Å²) in [5.74, 6) is 1.45. The van der Waals surface area contributed by atoms with Gasteiger partial charge in [0.2, 0.25) is 0 Å². The predicted molar refractivity (Wildman–Crippen MR) is 105 cm³/mol. The van der Waals surface area contributed by atoms with Crippen molar-refractivity contribution < 1.29 is 4.79 Å². The van der Waals surface area contributed by atoms with Gasteiger partial charge in [-0.15, -0.1) is 0 Å². The van der Waals surface area contributed by atoms with Crippen molar-refractivity contribution in [3.63, 3.8) is 0 Å². The fraction of sp³-hybridized carbons (Fsp3) is 0.318. The lowest BCUT2D eigenvalue weighted by Gasteiger charge is -2.33. The zero-order chi connectivity index (χ0) is 18.6. The van der Waals surface area contributed by atoms with Gasteiger partial charge in [0.25, 0.3) is 5.91 Å². The van der Waals surface area contributed by atoms with Crippen LogP contribution >= 0.6 is 0 Å². The molecule has 1 aliphatic heterocycles. The number of hydrogen-bond donors (Lipinski definition) is 0. The number of nitrogens with zero attached hydrogens (tertiary/aromatic N) is 4.